The van der Waals surface area contributed by atoms with E-state index < -0.39 is 5.54 Å². The first-order valence-corrected chi connectivity index (χ1v) is 9.39. The molecule has 0 amide bonds. The molecule has 1 saturated heterocycles. The number of nitrogens with zero attached hydrogens (tertiary/aromatic N) is 1. The molecule has 24 heavy (non-hydrogen) atoms. The van der Waals surface area contributed by atoms with Crippen LogP contribution in [0.25, 0.3) is 6.08 Å². The van der Waals surface area contributed by atoms with Gasteiger partial charge >= 0.3 is 0 Å². The molecule has 3 atom stereocenters. The Kier molecular flexibility index (Phi) is 5.22. The summed E-state index contributed by atoms with van der Waals surface area (Å²) in [6, 6.07) is 20.8. The van der Waals surface area contributed by atoms with Gasteiger partial charge in [0.15, 0.2) is 0 Å². The average Bonchev–Trinajstić information content (AvgIpc) is 3.37. The number of thioether (sulfide) groups is 1. The molecular formula is C21H23NOS. The Bertz CT molecular complexity index is 713. The zero-order valence-corrected chi connectivity index (χ0v) is 15.0. The van der Waals surface area contributed by atoms with Crippen LogP contribution in [0.3, 0.4) is 0 Å². The van der Waals surface area contributed by atoms with Crippen molar-refractivity contribution < 1.29 is 4.79 Å². The molecule has 1 fully saturated rings. The Hall–Kier alpha value is -1.84. The van der Waals surface area contributed by atoms with E-state index in [0.29, 0.717) is 0 Å². The molecule has 124 valence electrons. The number of carbonyl (C=O) groups is 1. The molecule has 1 aliphatic rings. The van der Waals surface area contributed by atoms with Gasteiger partial charge < -0.3 is 0 Å². The van der Waals surface area contributed by atoms with Gasteiger partial charge in [-0.2, -0.15) is 0 Å². The van der Waals surface area contributed by atoms with Gasteiger partial charge in [-0.1, -0.05) is 91.5 Å². The molecule has 2 aromatic carbocycles. The van der Waals surface area contributed by atoms with E-state index in [1.165, 1.54) is 17.3 Å². The fourth-order valence-electron chi connectivity index (χ4n) is 3.07. The van der Waals surface area contributed by atoms with E-state index in [2.05, 4.69) is 60.4 Å². The van der Waals surface area contributed by atoms with Crippen LogP contribution in [0.15, 0.2) is 66.7 Å². The van der Waals surface area contributed by atoms with Crippen LogP contribution < -0.4 is 0 Å². The minimum atomic E-state index is -0.466. The molecule has 0 aliphatic carbocycles. The van der Waals surface area contributed by atoms with E-state index in [4.69, 9.17) is 0 Å². The van der Waals surface area contributed by atoms with Crippen molar-refractivity contribution in [1.29, 1.82) is 0 Å². The van der Waals surface area contributed by atoms with Gasteiger partial charge in [0.2, 0.25) is 5.12 Å². The molecular weight excluding hydrogens is 314 g/mol. The van der Waals surface area contributed by atoms with Gasteiger partial charge in [-0.05, 0) is 23.8 Å². The van der Waals surface area contributed by atoms with Crippen LogP contribution in [0.4, 0.5) is 0 Å². The molecule has 0 aromatic heterocycles. The van der Waals surface area contributed by atoms with Gasteiger partial charge in [-0.25, -0.2) is 0 Å². The van der Waals surface area contributed by atoms with E-state index in [0.717, 1.165) is 17.9 Å². The normalized spacial score (nSPS) is 24.0. The highest BCUT2D eigenvalue weighted by Crippen LogP contribution is 2.45. The summed E-state index contributed by atoms with van der Waals surface area (Å²) < 4.78 is 0. The van der Waals surface area contributed by atoms with E-state index >= 15 is 0 Å². The highest BCUT2D eigenvalue weighted by molar-refractivity contribution is 8.13. The van der Waals surface area contributed by atoms with Crippen LogP contribution in [0.1, 0.15) is 31.0 Å². The van der Waals surface area contributed by atoms with Crippen LogP contribution in [0.2, 0.25) is 0 Å². The smallest absolute Gasteiger partial charge is 0.214 e. The largest absolute Gasteiger partial charge is 0.285 e. The summed E-state index contributed by atoms with van der Waals surface area (Å²) in [5, 5.41) is 0.250. The molecule has 1 aliphatic heterocycles. The molecule has 0 spiro atoms. The molecule has 3 heteroatoms. The summed E-state index contributed by atoms with van der Waals surface area (Å²) in [5.74, 6) is 0.813. The van der Waals surface area contributed by atoms with Crippen LogP contribution in [0, 0.1) is 0 Å². The SMILES string of the molecule is CCSC(=O)[C@]1(/C=C/c2ccccc2)CN1[C@@H](C)c1ccccc1. The van der Waals surface area contributed by atoms with Crippen molar-refractivity contribution >= 4 is 23.0 Å². The van der Waals surface area contributed by atoms with E-state index in [1.807, 2.05) is 31.2 Å². The van der Waals surface area contributed by atoms with Gasteiger partial charge in [0.25, 0.3) is 0 Å². The second-order valence-electron chi connectivity index (χ2n) is 6.10. The molecule has 0 radical (unpaired) electrons. The summed E-state index contributed by atoms with van der Waals surface area (Å²) in [4.78, 5) is 15.0. The molecule has 2 nitrogen and oxygen atoms in total. The quantitative estimate of drug-likeness (QED) is 0.707. The summed E-state index contributed by atoms with van der Waals surface area (Å²) in [7, 11) is 0. The Labute approximate surface area is 148 Å². The van der Waals surface area contributed by atoms with E-state index in [1.54, 1.807) is 0 Å². The van der Waals surface area contributed by atoms with E-state index in [9.17, 15) is 4.79 Å². The van der Waals surface area contributed by atoms with Crippen molar-refractivity contribution in [1.82, 2.24) is 4.90 Å². The zero-order chi connectivity index (χ0) is 17.0. The van der Waals surface area contributed by atoms with Crippen LogP contribution in [-0.4, -0.2) is 27.9 Å². The number of hydrogen-bond acceptors (Lipinski definition) is 3. The number of hydrogen-bond donors (Lipinski definition) is 0. The lowest BCUT2D eigenvalue weighted by Gasteiger charge is -2.19. The fourth-order valence-corrected chi connectivity index (χ4v) is 3.83. The lowest BCUT2D eigenvalue weighted by molar-refractivity contribution is -0.113. The Morgan fingerprint density at radius 3 is 2.42 bits per heavy atom. The minimum absolute atomic E-state index is 0.230. The lowest BCUT2D eigenvalue weighted by atomic mass is 10.1. The third-order valence-corrected chi connectivity index (χ3v) is 5.45. The number of carbonyl (C=O) groups excluding carboxylic acids is 1. The maximum absolute atomic E-state index is 12.8. The third kappa shape index (κ3) is 3.47. The number of rotatable bonds is 6. The van der Waals surface area contributed by atoms with Crippen molar-refractivity contribution in [3.63, 3.8) is 0 Å². The third-order valence-electron chi connectivity index (χ3n) is 4.55. The zero-order valence-electron chi connectivity index (χ0n) is 14.2. The van der Waals surface area contributed by atoms with Crippen molar-refractivity contribution in [2.45, 2.75) is 25.4 Å². The van der Waals surface area contributed by atoms with Gasteiger partial charge in [0.05, 0.1) is 0 Å². The van der Waals surface area contributed by atoms with Crippen LogP contribution in [0.5, 0.6) is 0 Å². The fraction of sp³-hybridized carbons (Fsp3) is 0.286. The molecule has 0 bridgehead atoms. The van der Waals surface area contributed by atoms with Crippen molar-refractivity contribution in [3.8, 4) is 0 Å². The number of benzene rings is 2. The minimum Gasteiger partial charge on any atom is -0.285 e. The molecule has 2 aromatic rings. The summed E-state index contributed by atoms with van der Waals surface area (Å²) in [6.45, 7) is 5.00. The van der Waals surface area contributed by atoms with Gasteiger partial charge in [0, 0.05) is 12.6 Å². The lowest BCUT2D eigenvalue weighted by Crippen LogP contribution is -2.26. The average molecular weight is 337 g/mol. The predicted molar refractivity (Wildman–Crippen MR) is 103 cm³/mol. The highest BCUT2D eigenvalue weighted by atomic mass is 32.2. The first kappa shape index (κ1) is 17.0. The molecule has 3 rings (SSSR count). The van der Waals surface area contributed by atoms with Crippen LogP contribution >= 0.6 is 11.8 Å². The van der Waals surface area contributed by atoms with Gasteiger partial charge in [-0.15, -0.1) is 0 Å². The molecule has 0 saturated carbocycles. The second kappa shape index (κ2) is 7.37. The maximum atomic E-state index is 12.8. The first-order valence-electron chi connectivity index (χ1n) is 8.40. The Balaban J connectivity index is 1.84. The maximum Gasteiger partial charge on any atom is 0.214 e. The van der Waals surface area contributed by atoms with Gasteiger partial charge in [0.1, 0.15) is 5.54 Å². The van der Waals surface area contributed by atoms with Crippen molar-refractivity contribution in [3.05, 3.63) is 77.9 Å². The predicted octanol–water partition coefficient (Wildman–Crippen LogP) is 4.80. The molecule has 1 unspecified atom stereocenters. The summed E-state index contributed by atoms with van der Waals surface area (Å²) in [5.41, 5.74) is 1.92. The van der Waals surface area contributed by atoms with Gasteiger partial charge in [-0.3, -0.25) is 9.69 Å². The van der Waals surface area contributed by atoms with Crippen molar-refractivity contribution in [2.75, 3.05) is 12.3 Å². The summed E-state index contributed by atoms with van der Waals surface area (Å²) in [6.07, 6.45) is 4.17. The van der Waals surface area contributed by atoms with Crippen molar-refractivity contribution in [2.24, 2.45) is 0 Å². The Morgan fingerprint density at radius 2 is 1.79 bits per heavy atom. The first-order chi connectivity index (χ1) is 11.7. The highest BCUT2D eigenvalue weighted by Gasteiger charge is 2.57. The van der Waals surface area contributed by atoms with E-state index in [-0.39, 0.29) is 11.2 Å². The standard InChI is InChI=1S/C21H23NOS/c1-3-24-20(23)21(15-14-18-10-6-4-7-11-18)16-22(21)17(2)19-12-8-5-9-13-19/h4-15,17H,3,16H2,1-2H3/b15-14+/t17-,21-,22?/m0/s1. The summed E-state index contributed by atoms with van der Waals surface area (Å²) >= 11 is 1.42. The Morgan fingerprint density at radius 1 is 1.17 bits per heavy atom. The second-order valence-corrected chi connectivity index (χ2v) is 7.34. The molecule has 1 heterocycles. The monoisotopic (exact) mass is 337 g/mol. The molecule has 0 N–H and O–H groups in total. The topological polar surface area (TPSA) is 20.1 Å². The van der Waals surface area contributed by atoms with Crippen LogP contribution in [-0.2, 0) is 4.79 Å².